The van der Waals surface area contributed by atoms with Crippen LogP contribution in [0.3, 0.4) is 0 Å². The molecule has 5 heteroatoms. The standard InChI is InChI=1S/C15H22N2O3/c16-12-4-6-13(7-5-12)17-15(18)8-10-19-11-14-3-1-2-9-20-14/h4-7,14H,1-3,8-11,16H2,(H,17,18). The zero-order valence-electron chi connectivity index (χ0n) is 11.6. The van der Waals surface area contributed by atoms with Crippen molar-refractivity contribution in [2.45, 2.75) is 31.8 Å². The molecule has 0 saturated carbocycles. The maximum Gasteiger partial charge on any atom is 0.226 e. The van der Waals surface area contributed by atoms with Gasteiger partial charge in [0.05, 0.1) is 25.7 Å². The van der Waals surface area contributed by atoms with Gasteiger partial charge in [0.1, 0.15) is 0 Å². The van der Waals surface area contributed by atoms with Crippen molar-refractivity contribution < 1.29 is 14.3 Å². The summed E-state index contributed by atoms with van der Waals surface area (Å²) in [7, 11) is 0. The number of nitrogens with one attached hydrogen (secondary N) is 1. The van der Waals surface area contributed by atoms with Gasteiger partial charge in [-0.25, -0.2) is 0 Å². The van der Waals surface area contributed by atoms with E-state index in [2.05, 4.69) is 5.32 Å². The van der Waals surface area contributed by atoms with Gasteiger partial charge >= 0.3 is 0 Å². The van der Waals surface area contributed by atoms with Crippen LogP contribution in [-0.4, -0.2) is 31.8 Å². The van der Waals surface area contributed by atoms with Crippen molar-refractivity contribution in [1.29, 1.82) is 0 Å². The first-order valence-corrected chi connectivity index (χ1v) is 7.09. The van der Waals surface area contributed by atoms with Gasteiger partial charge in [0.25, 0.3) is 0 Å². The van der Waals surface area contributed by atoms with Crippen molar-refractivity contribution in [3.63, 3.8) is 0 Å². The van der Waals surface area contributed by atoms with E-state index in [9.17, 15) is 4.79 Å². The molecule has 2 rings (SSSR count). The lowest BCUT2D eigenvalue weighted by Crippen LogP contribution is -2.25. The van der Waals surface area contributed by atoms with Crippen LogP contribution in [0.25, 0.3) is 0 Å². The Morgan fingerprint density at radius 3 is 2.85 bits per heavy atom. The number of ether oxygens (including phenoxy) is 2. The largest absolute Gasteiger partial charge is 0.399 e. The minimum atomic E-state index is -0.0562. The van der Waals surface area contributed by atoms with Crippen LogP contribution in [0.1, 0.15) is 25.7 Å². The smallest absolute Gasteiger partial charge is 0.226 e. The summed E-state index contributed by atoms with van der Waals surface area (Å²) in [5, 5.41) is 2.80. The molecule has 3 N–H and O–H groups in total. The summed E-state index contributed by atoms with van der Waals surface area (Å²) in [6.07, 6.45) is 3.94. The van der Waals surface area contributed by atoms with Gasteiger partial charge in [-0.15, -0.1) is 0 Å². The first kappa shape index (κ1) is 14.8. The molecule has 20 heavy (non-hydrogen) atoms. The minimum absolute atomic E-state index is 0.0562. The second kappa shape index (κ2) is 7.87. The first-order valence-electron chi connectivity index (χ1n) is 7.09. The van der Waals surface area contributed by atoms with Crippen molar-refractivity contribution in [3.8, 4) is 0 Å². The van der Waals surface area contributed by atoms with E-state index < -0.39 is 0 Å². The first-order chi connectivity index (χ1) is 9.74. The third kappa shape index (κ3) is 5.19. The highest BCUT2D eigenvalue weighted by Crippen LogP contribution is 2.13. The van der Waals surface area contributed by atoms with Crippen LogP contribution < -0.4 is 11.1 Å². The molecule has 5 nitrogen and oxygen atoms in total. The summed E-state index contributed by atoms with van der Waals surface area (Å²) >= 11 is 0. The Hall–Kier alpha value is -1.59. The normalized spacial score (nSPS) is 18.7. The molecule has 1 amide bonds. The maximum absolute atomic E-state index is 11.7. The minimum Gasteiger partial charge on any atom is -0.399 e. The van der Waals surface area contributed by atoms with Crippen LogP contribution in [0.2, 0.25) is 0 Å². The molecule has 0 aliphatic carbocycles. The van der Waals surface area contributed by atoms with Gasteiger partial charge in [0.15, 0.2) is 0 Å². The molecule has 1 saturated heterocycles. The zero-order valence-corrected chi connectivity index (χ0v) is 11.6. The van der Waals surface area contributed by atoms with Crippen LogP contribution in [-0.2, 0) is 14.3 Å². The number of carbonyl (C=O) groups is 1. The fourth-order valence-electron chi connectivity index (χ4n) is 2.11. The quantitative estimate of drug-likeness (QED) is 0.618. The molecular weight excluding hydrogens is 256 g/mol. The van der Waals surface area contributed by atoms with E-state index in [0.717, 1.165) is 25.1 Å². The molecule has 0 spiro atoms. The number of hydrogen-bond donors (Lipinski definition) is 2. The number of nitrogens with two attached hydrogens (primary N) is 1. The van der Waals surface area contributed by atoms with E-state index in [4.69, 9.17) is 15.2 Å². The van der Waals surface area contributed by atoms with Gasteiger partial charge in [-0.05, 0) is 43.5 Å². The molecule has 1 aromatic rings. The molecule has 110 valence electrons. The lowest BCUT2D eigenvalue weighted by atomic mass is 10.1. The molecule has 1 heterocycles. The Kier molecular flexibility index (Phi) is 5.83. The summed E-state index contributed by atoms with van der Waals surface area (Å²) in [6.45, 7) is 1.82. The molecule has 1 atom stereocenters. The highest BCUT2D eigenvalue weighted by Gasteiger charge is 2.13. The van der Waals surface area contributed by atoms with Crippen molar-refractivity contribution in [1.82, 2.24) is 0 Å². The third-order valence-corrected chi connectivity index (χ3v) is 3.25. The van der Waals surface area contributed by atoms with Gasteiger partial charge in [-0.1, -0.05) is 0 Å². The molecule has 1 unspecified atom stereocenters. The number of nitrogen functional groups attached to an aromatic ring is 1. The fourth-order valence-corrected chi connectivity index (χ4v) is 2.11. The predicted molar refractivity (Wildman–Crippen MR) is 78.5 cm³/mol. The molecule has 1 aliphatic heterocycles. The summed E-state index contributed by atoms with van der Waals surface area (Å²) in [6, 6.07) is 7.08. The molecule has 1 aliphatic rings. The number of hydrogen-bond acceptors (Lipinski definition) is 4. The molecule has 0 aromatic heterocycles. The summed E-state index contributed by atoms with van der Waals surface area (Å²) < 4.78 is 11.0. The van der Waals surface area contributed by atoms with Gasteiger partial charge < -0.3 is 20.5 Å². The highest BCUT2D eigenvalue weighted by atomic mass is 16.5. The summed E-state index contributed by atoms with van der Waals surface area (Å²) in [4.78, 5) is 11.7. The number of carbonyl (C=O) groups excluding carboxylic acids is 1. The van der Waals surface area contributed by atoms with E-state index >= 15 is 0 Å². The third-order valence-electron chi connectivity index (χ3n) is 3.25. The van der Waals surface area contributed by atoms with Crippen LogP contribution in [0.15, 0.2) is 24.3 Å². The number of amides is 1. The van der Waals surface area contributed by atoms with E-state index in [1.54, 1.807) is 24.3 Å². The monoisotopic (exact) mass is 278 g/mol. The zero-order chi connectivity index (χ0) is 14.2. The van der Waals surface area contributed by atoms with E-state index in [-0.39, 0.29) is 12.0 Å². The SMILES string of the molecule is Nc1ccc(NC(=O)CCOCC2CCCCO2)cc1. The van der Waals surface area contributed by atoms with Crippen molar-refractivity contribution >= 4 is 17.3 Å². The lowest BCUT2D eigenvalue weighted by molar-refractivity contribution is -0.117. The van der Waals surface area contributed by atoms with Gasteiger partial charge in [-0.2, -0.15) is 0 Å². The molecule has 0 radical (unpaired) electrons. The van der Waals surface area contributed by atoms with E-state index in [0.29, 0.717) is 25.3 Å². The van der Waals surface area contributed by atoms with Crippen molar-refractivity contribution in [3.05, 3.63) is 24.3 Å². The van der Waals surface area contributed by atoms with Crippen LogP contribution >= 0.6 is 0 Å². The second-order valence-electron chi connectivity index (χ2n) is 4.98. The topological polar surface area (TPSA) is 73.6 Å². The summed E-state index contributed by atoms with van der Waals surface area (Å²) in [5.41, 5.74) is 7.01. The lowest BCUT2D eigenvalue weighted by Gasteiger charge is -2.22. The maximum atomic E-state index is 11.7. The molecular formula is C15H22N2O3. The Balaban J connectivity index is 1.59. The fraction of sp³-hybridized carbons (Fsp3) is 0.533. The van der Waals surface area contributed by atoms with E-state index in [1.165, 1.54) is 6.42 Å². The highest BCUT2D eigenvalue weighted by molar-refractivity contribution is 5.90. The second-order valence-corrected chi connectivity index (χ2v) is 4.98. The number of rotatable bonds is 6. The summed E-state index contributed by atoms with van der Waals surface area (Å²) in [5.74, 6) is -0.0562. The van der Waals surface area contributed by atoms with Crippen LogP contribution in [0, 0.1) is 0 Å². The van der Waals surface area contributed by atoms with Gasteiger partial charge in [0, 0.05) is 18.0 Å². The molecule has 1 fully saturated rings. The van der Waals surface area contributed by atoms with Crippen molar-refractivity contribution in [2.24, 2.45) is 0 Å². The average Bonchev–Trinajstić information content (AvgIpc) is 2.47. The van der Waals surface area contributed by atoms with E-state index in [1.807, 2.05) is 0 Å². The van der Waals surface area contributed by atoms with Crippen molar-refractivity contribution in [2.75, 3.05) is 30.9 Å². The molecule has 1 aromatic carbocycles. The predicted octanol–water partition coefficient (Wildman–Crippen LogP) is 2.18. The average molecular weight is 278 g/mol. The van der Waals surface area contributed by atoms with Gasteiger partial charge in [0.2, 0.25) is 5.91 Å². The van der Waals surface area contributed by atoms with Crippen LogP contribution in [0.5, 0.6) is 0 Å². The Morgan fingerprint density at radius 2 is 2.15 bits per heavy atom. The van der Waals surface area contributed by atoms with Crippen LogP contribution in [0.4, 0.5) is 11.4 Å². The number of benzene rings is 1. The molecule has 0 bridgehead atoms. The Labute approximate surface area is 119 Å². The number of anilines is 2. The Morgan fingerprint density at radius 1 is 1.35 bits per heavy atom. The van der Waals surface area contributed by atoms with Gasteiger partial charge in [-0.3, -0.25) is 4.79 Å². The Bertz CT molecular complexity index is 414.